The first-order valence-corrected chi connectivity index (χ1v) is 8.20. The number of rotatable bonds is 2. The lowest BCUT2D eigenvalue weighted by Crippen LogP contribution is -2.63. The van der Waals surface area contributed by atoms with E-state index in [0.29, 0.717) is 17.8 Å². The molecule has 1 aromatic rings. The monoisotopic (exact) mass is 311 g/mol. The topological polar surface area (TPSA) is 92.5 Å². The Morgan fingerprint density at radius 1 is 1.29 bits per heavy atom. The van der Waals surface area contributed by atoms with E-state index in [-0.39, 0.29) is 17.3 Å². The van der Waals surface area contributed by atoms with E-state index in [9.17, 15) is 13.2 Å². The van der Waals surface area contributed by atoms with Crippen molar-refractivity contribution in [2.45, 2.75) is 38.1 Å². The van der Waals surface area contributed by atoms with E-state index in [1.807, 2.05) is 6.92 Å². The molecule has 3 N–H and O–H groups in total. The third kappa shape index (κ3) is 2.51. The number of nitrogens with two attached hydrogens (primary N) is 1. The van der Waals surface area contributed by atoms with Crippen molar-refractivity contribution in [3.8, 4) is 0 Å². The number of hydrogen-bond acceptors (Lipinski definition) is 4. The minimum atomic E-state index is -3.79. The minimum Gasteiger partial charge on any atom is -0.399 e. The van der Waals surface area contributed by atoms with Crippen LogP contribution in [0.5, 0.6) is 0 Å². The number of nitrogens with one attached hydrogen (secondary N) is 1. The van der Waals surface area contributed by atoms with Crippen LogP contribution in [-0.4, -0.2) is 37.3 Å². The number of hydrogen-bond donors (Lipinski definition) is 2. The van der Waals surface area contributed by atoms with E-state index in [1.54, 1.807) is 26.8 Å². The molecule has 0 saturated carbocycles. The molecule has 116 valence electrons. The van der Waals surface area contributed by atoms with E-state index in [1.165, 1.54) is 10.4 Å². The number of nitrogen functional groups attached to an aromatic ring is 1. The van der Waals surface area contributed by atoms with Crippen molar-refractivity contribution in [2.75, 3.05) is 18.8 Å². The molecule has 21 heavy (non-hydrogen) atoms. The van der Waals surface area contributed by atoms with Gasteiger partial charge in [0.25, 0.3) is 0 Å². The van der Waals surface area contributed by atoms with Gasteiger partial charge in [0.2, 0.25) is 15.9 Å². The minimum absolute atomic E-state index is 0.169. The summed E-state index contributed by atoms with van der Waals surface area (Å²) >= 11 is 0. The van der Waals surface area contributed by atoms with Crippen molar-refractivity contribution in [2.24, 2.45) is 0 Å². The molecule has 0 bridgehead atoms. The van der Waals surface area contributed by atoms with Crippen molar-refractivity contribution in [3.05, 3.63) is 23.3 Å². The number of nitrogens with zero attached hydrogens (tertiary/aromatic N) is 1. The van der Waals surface area contributed by atoms with Gasteiger partial charge in [0.1, 0.15) is 5.54 Å². The molecule has 0 unspecified atom stereocenters. The van der Waals surface area contributed by atoms with Gasteiger partial charge in [0.05, 0.1) is 4.90 Å². The van der Waals surface area contributed by atoms with Crippen LogP contribution in [0.3, 0.4) is 0 Å². The van der Waals surface area contributed by atoms with Gasteiger partial charge in [-0.3, -0.25) is 4.79 Å². The predicted octanol–water partition coefficient (Wildman–Crippen LogP) is 0.785. The number of anilines is 1. The summed E-state index contributed by atoms with van der Waals surface area (Å²) in [7, 11) is -3.79. The van der Waals surface area contributed by atoms with E-state index < -0.39 is 15.6 Å². The Hall–Kier alpha value is -1.60. The molecule has 0 atom stereocenters. The Balaban J connectivity index is 2.60. The average Bonchev–Trinajstić information content (AvgIpc) is 2.36. The molecule has 0 spiro atoms. The van der Waals surface area contributed by atoms with Gasteiger partial charge in [-0.2, -0.15) is 4.31 Å². The van der Waals surface area contributed by atoms with E-state index >= 15 is 0 Å². The van der Waals surface area contributed by atoms with Crippen LogP contribution in [0.4, 0.5) is 5.69 Å². The number of aryl methyl sites for hydroxylation is 1. The molecule has 6 nitrogen and oxygen atoms in total. The van der Waals surface area contributed by atoms with Crippen molar-refractivity contribution >= 4 is 21.6 Å². The summed E-state index contributed by atoms with van der Waals surface area (Å²) in [5.41, 5.74) is 6.53. The maximum Gasteiger partial charge on any atom is 0.244 e. The molecule has 1 aliphatic rings. The van der Waals surface area contributed by atoms with Crippen LogP contribution >= 0.6 is 0 Å². The van der Waals surface area contributed by atoms with Crippen molar-refractivity contribution in [1.29, 1.82) is 0 Å². The van der Waals surface area contributed by atoms with Gasteiger partial charge in [-0.25, -0.2) is 8.42 Å². The summed E-state index contributed by atoms with van der Waals surface area (Å²) in [4.78, 5) is 12.2. The highest BCUT2D eigenvalue weighted by Crippen LogP contribution is 2.30. The fourth-order valence-electron chi connectivity index (χ4n) is 2.54. The zero-order valence-electron chi connectivity index (χ0n) is 12.7. The van der Waals surface area contributed by atoms with Crippen molar-refractivity contribution < 1.29 is 13.2 Å². The maximum atomic E-state index is 13.0. The van der Waals surface area contributed by atoms with Gasteiger partial charge in [-0.1, -0.05) is 0 Å². The molecule has 0 aliphatic carbocycles. The summed E-state index contributed by atoms with van der Waals surface area (Å²) in [6.45, 7) is 7.33. The van der Waals surface area contributed by atoms with Crippen molar-refractivity contribution in [3.63, 3.8) is 0 Å². The van der Waals surface area contributed by atoms with E-state index in [4.69, 9.17) is 5.73 Å². The number of carbonyl (C=O) groups is 1. The quantitative estimate of drug-likeness (QED) is 0.790. The number of amides is 1. The van der Waals surface area contributed by atoms with Crippen LogP contribution in [0.1, 0.15) is 25.0 Å². The number of carbonyl (C=O) groups excluding carboxylic acids is 1. The summed E-state index contributed by atoms with van der Waals surface area (Å²) in [5.74, 6) is -0.296. The van der Waals surface area contributed by atoms with Gasteiger partial charge in [-0.05, 0) is 51.0 Å². The maximum absolute atomic E-state index is 13.0. The first kappa shape index (κ1) is 15.8. The van der Waals surface area contributed by atoms with Gasteiger partial charge in [0, 0.05) is 18.8 Å². The van der Waals surface area contributed by atoms with Gasteiger partial charge < -0.3 is 11.1 Å². The van der Waals surface area contributed by atoms with Crippen LogP contribution in [0.15, 0.2) is 17.0 Å². The third-order valence-electron chi connectivity index (χ3n) is 3.99. The predicted molar refractivity (Wildman–Crippen MR) is 81.3 cm³/mol. The lowest BCUT2D eigenvalue weighted by atomic mass is 10.0. The molecule has 1 amide bonds. The summed E-state index contributed by atoms with van der Waals surface area (Å²) in [5, 5.41) is 2.69. The molecule has 1 heterocycles. The highest BCUT2D eigenvalue weighted by molar-refractivity contribution is 7.89. The number of sulfonamides is 1. The number of piperazine rings is 1. The fraction of sp³-hybridized carbons (Fsp3) is 0.500. The van der Waals surface area contributed by atoms with Crippen LogP contribution in [0.2, 0.25) is 0 Å². The molecule has 1 saturated heterocycles. The Bertz CT molecular complexity index is 696. The lowest BCUT2D eigenvalue weighted by molar-refractivity contribution is -0.131. The molecular formula is C14H21N3O3S. The zero-order chi connectivity index (χ0) is 16.0. The lowest BCUT2D eigenvalue weighted by Gasteiger charge is -2.40. The Labute approximate surface area is 125 Å². The SMILES string of the molecule is Cc1cc(N)cc(S(=O)(=O)N2CCNC(=O)C2(C)C)c1C. The van der Waals surface area contributed by atoms with Gasteiger partial charge in [0.15, 0.2) is 0 Å². The van der Waals surface area contributed by atoms with Gasteiger partial charge >= 0.3 is 0 Å². The van der Waals surface area contributed by atoms with E-state index in [2.05, 4.69) is 5.32 Å². The smallest absolute Gasteiger partial charge is 0.244 e. The molecule has 2 rings (SSSR count). The first-order valence-electron chi connectivity index (χ1n) is 6.76. The highest BCUT2D eigenvalue weighted by atomic mass is 32.2. The van der Waals surface area contributed by atoms with Crippen molar-refractivity contribution in [1.82, 2.24) is 9.62 Å². The molecule has 1 fully saturated rings. The second-order valence-electron chi connectivity index (χ2n) is 5.85. The molecular weight excluding hydrogens is 290 g/mol. The third-order valence-corrected chi connectivity index (χ3v) is 6.19. The Morgan fingerprint density at radius 2 is 1.90 bits per heavy atom. The zero-order valence-corrected chi connectivity index (χ0v) is 13.5. The largest absolute Gasteiger partial charge is 0.399 e. The molecule has 0 aromatic heterocycles. The molecule has 0 radical (unpaired) electrons. The fourth-order valence-corrected chi connectivity index (χ4v) is 4.63. The Morgan fingerprint density at radius 3 is 2.52 bits per heavy atom. The van der Waals surface area contributed by atoms with Crippen LogP contribution < -0.4 is 11.1 Å². The molecule has 1 aromatic carbocycles. The van der Waals surface area contributed by atoms with Crippen LogP contribution in [0.25, 0.3) is 0 Å². The second kappa shape index (κ2) is 4.99. The normalized spacial score (nSPS) is 19.3. The Kier molecular flexibility index (Phi) is 3.75. The summed E-state index contributed by atoms with van der Waals surface area (Å²) in [6.07, 6.45) is 0. The second-order valence-corrected chi connectivity index (χ2v) is 7.68. The average molecular weight is 311 g/mol. The standard InChI is InChI=1S/C14H21N3O3S/c1-9-7-11(15)8-12(10(9)2)21(19,20)17-6-5-16-13(18)14(17,3)4/h7-8H,5-6,15H2,1-4H3,(H,16,18). The first-order chi connectivity index (χ1) is 9.58. The van der Waals surface area contributed by atoms with E-state index in [0.717, 1.165) is 5.56 Å². The van der Waals surface area contributed by atoms with Crippen LogP contribution in [-0.2, 0) is 14.8 Å². The summed E-state index contributed by atoms with van der Waals surface area (Å²) in [6, 6.07) is 3.20. The van der Waals surface area contributed by atoms with Crippen LogP contribution in [0, 0.1) is 13.8 Å². The summed E-state index contributed by atoms with van der Waals surface area (Å²) < 4.78 is 27.2. The molecule has 1 aliphatic heterocycles. The molecule has 7 heteroatoms. The number of benzene rings is 1. The highest BCUT2D eigenvalue weighted by Gasteiger charge is 2.45. The van der Waals surface area contributed by atoms with Gasteiger partial charge in [-0.15, -0.1) is 0 Å².